The lowest BCUT2D eigenvalue weighted by atomic mass is 10.3. The minimum Gasteiger partial charge on any atom is -0.345 e. The predicted octanol–water partition coefficient (Wildman–Crippen LogP) is 1.48. The highest BCUT2D eigenvalue weighted by atomic mass is 14.9. The first-order valence-corrected chi connectivity index (χ1v) is 3.01. The van der Waals surface area contributed by atoms with Crippen molar-refractivity contribution in [1.82, 2.24) is 15.7 Å². The first kappa shape index (κ1) is 5.29. The lowest BCUT2D eigenvalue weighted by molar-refractivity contribution is 1.34. The number of aromatic nitrogens is 2. The Kier molecular flexibility index (Phi) is 0.917. The van der Waals surface area contributed by atoms with Crippen molar-refractivity contribution in [2.75, 3.05) is 0 Å². The summed E-state index contributed by atoms with van der Waals surface area (Å²) < 4.78 is 0. The number of benzene rings is 1. The molecule has 0 amide bonds. The molecule has 0 bridgehead atoms. The second-order valence-electron chi connectivity index (χ2n) is 2.13. The predicted molar refractivity (Wildman–Crippen MR) is 38.9 cm³/mol. The van der Waals surface area contributed by atoms with Crippen molar-refractivity contribution in [3.05, 3.63) is 24.5 Å². The Morgan fingerprint density at radius 1 is 1.40 bits per heavy atom. The molecule has 1 radical (unpaired) electrons. The molecule has 0 atom stereocenters. The van der Waals surface area contributed by atoms with Crippen LogP contribution in [-0.2, 0) is 0 Å². The fraction of sp³-hybridized carbons (Fsp3) is 0. The Morgan fingerprint density at radius 2 is 2.30 bits per heavy atom. The molecule has 0 saturated heterocycles. The number of hydrogen-bond donors (Lipinski definition) is 1. The van der Waals surface area contributed by atoms with E-state index in [1.807, 2.05) is 6.07 Å². The van der Waals surface area contributed by atoms with E-state index in [0.29, 0.717) is 5.69 Å². The molecule has 1 aromatic heterocycles. The van der Waals surface area contributed by atoms with Crippen LogP contribution in [0.3, 0.4) is 0 Å². The summed E-state index contributed by atoms with van der Waals surface area (Å²) in [5.74, 6) is 0. The summed E-state index contributed by atoms with van der Waals surface area (Å²) in [6, 6.07) is 5.32. The van der Waals surface area contributed by atoms with Crippen LogP contribution in [0, 0.1) is 0 Å². The number of fused-ring (bicyclic) bond motifs is 1. The summed E-state index contributed by atoms with van der Waals surface area (Å²) in [5, 5.41) is 0. The molecule has 2 aromatic rings. The summed E-state index contributed by atoms with van der Waals surface area (Å²) in [6.07, 6.45) is 1.63. The second-order valence-corrected chi connectivity index (χ2v) is 2.13. The van der Waals surface area contributed by atoms with Gasteiger partial charge in [-0.15, -0.1) is 0 Å². The number of aromatic amines is 1. The number of rotatable bonds is 0. The van der Waals surface area contributed by atoms with E-state index >= 15 is 0 Å². The minimum absolute atomic E-state index is 0.500. The number of imidazole rings is 1. The third kappa shape index (κ3) is 0.639. The summed E-state index contributed by atoms with van der Waals surface area (Å²) in [4.78, 5) is 6.96. The topological polar surface area (TPSA) is 52.5 Å². The number of H-pyrrole nitrogens is 1. The highest BCUT2D eigenvalue weighted by Gasteiger charge is 1.93. The Labute approximate surface area is 57.9 Å². The second kappa shape index (κ2) is 1.73. The van der Waals surface area contributed by atoms with Crippen LogP contribution in [-0.4, -0.2) is 9.97 Å². The molecular weight excluding hydrogens is 126 g/mol. The van der Waals surface area contributed by atoms with Gasteiger partial charge in [-0.1, -0.05) is 0 Å². The van der Waals surface area contributed by atoms with Crippen LogP contribution >= 0.6 is 0 Å². The Bertz CT molecular complexity index is 350. The SMILES string of the molecule is [NH]c1ccc2[nH]cnc2c1. The smallest absolute Gasteiger partial charge is 0.0931 e. The van der Waals surface area contributed by atoms with Crippen LogP contribution < -0.4 is 5.73 Å². The Balaban J connectivity index is 2.86. The molecule has 0 aliphatic carbocycles. The van der Waals surface area contributed by atoms with E-state index in [9.17, 15) is 0 Å². The number of nitrogens with one attached hydrogen (secondary N) is 2. The lowest BCUT2D eigenvalue weighted by Gasteiger charge is -1.88. The van der Waals surface area contributed by atoms with E-state index in [0.717, 1.165) is 11.0 Å². The average molecular weight is 132 g/mol. The van der Waals surface area contributed by atoms with E-state index in [-0.39, 0.29) is 0 Å². The van der Waals surface area contributed by atoms with Crippen molar-refractivity contribution in [3.8, 4) is 0 Å². The van der Waals surface area contributed by atoms with Crippen LogP contribution in [0.4, 0.5) is 5.69 Å². The summed E-state index contributed by atoms with van der Waals surface area (Å²) >= 11 is 0. The summed E-state index contributed by atoms with van der Waals surface area (Å²) in [7, 11) is 0. The van der Waals surface area contributed by atoms with Gasteiger partial charge in [-0.2, -0.15) is 0 Å². The Hall–Kier alpha value is -1.51. The van der Waals surface area contributed by atoms with Gasteiger partial charge in [0.1, 0.15) is 0 Å². The van der Waals surface area contributed by atoms with E-state index in [1.165, 1.54) is 0 Å². The minimum atomic E-state index is 0.500. The fourth-order valence-corrected chi connectivity index (χ4v) is 0.932. The maximum Gasteiger partial charge on any atom is 0.0931 e. The van der Waals surface area contributed by atoms with E-state index in [4.69, 9.17) is 5.73 Å². The lowest BCUT2D eigenvalue weighted by Crippen LogP contribution is -1.70. The van der Waals surface area contributed by atoms with Crippen LogP contribution in [0.1, 0.15) is 0 Å². The van der Waals surface area contributed by atoms with Crippen LogP contribution in [0.2, 0.25) is 0 Å². The van der Waals surface area contributed by atoms with Crippen molar-refractivity contribution in [2.24, 2.45) is 0 Å². The van der Waals surface area contributed by atoms with Crippen LogP contribution in [0.15, 0.2) is 24.5 Å². The molecule has 2 N–H and O–H groups in total. The third-order valence-electron chi connectivity index (χ3n) is 1.42. The molecule has 49 valence electrons. The van der Waals surface area contributed by atoms with E-state index in [1.54, 1.807) is 18.5 Å². The van der Waals surface area contributed by atoms with Crippen LogP contribution in [0.5, 0.6) is 0 Å². The van der Waals surface area contributed by atoms with Gasteiger partial charge < -0.3 is 10.7 Å². The molecule has 0 saturated carbocycles. The van der Waals surface area contributed by atoms with Gasteiger partial charge in [0, 0.05) is 0 Å². The molecule has 1 aromatic carbocycles. The number of hydrogen-bond acceptors (Lipinski definition) is 1. The molecule has 3 nitrogen and oxygen atoms in total. The molecule has 0 aliphatic rings. The zero-order valence-electron chi connectivity index (χ0n) is 5.26. The first-order valence-electron chi connectivity index (χ1n) is 3.01. The molecule has 10 heavy (non-hydrogen) atoms. The van der Waals surface area contributed by atoms with E-state index < -0.39 is 0 Å². The quantitative estimate of drug-likeness (QED) is 0.579. The van der Waals surface area contributed by atoms with Crippen molar-refractivity contribution in [2.45, 2.75) is 0 Å². The molecule has 1 heterocycles. The van der Waals surface area contributed by atoms with Gasteiger partial charge in [0.25, 0.3) is 0 Å². The van der Waals surface area contributed by atoms with Crippen molar-refractivity contribution in [1.29, 1.82) is 0 Å². The van der Waals surface area contributed by atoms with Gasteiger partial charge in [0.05, 0.1) is 23.0 Å². The summed E-state index contributed by atoms with van der Waals surface area (Å²) in [5.41, 5.74) is 9.60. The van der Waals surface area contributed by atoms with Gasteiger partial charge >= 0.3 is 0 Å². The fourth-order valence-electron chi connectivity index (χ4n) is 0.932. The largest absolute Gasteiger partial charge is 0.345 e. The standard InChI is InChI=1S/C7H6N3/c8-5-1-2-6-7(3-5)10-4-9-6/h1-4,8H,(H,9,10). The van der Waals surface area contributed by atoms with Crippen molar-refractivity contribution >= 4 is 16.7 Å². The van der Waals surface area contributed by atoms with Crippen molar-refractivity contribution in [3.63, 3.8) is 0 Å². The number of nitrogens with zero attached hydrogens (tertiary/aromatic N) is 1. The van der Waals surface area contributed by atoms with Crippen LogP contribution in [0.25, 0.3) is 11.0 Å². The van der Waals surface area contributed by atoms with E-state index in [2.05, 4.69) is 9.97 Å². The molecule has 2 rings (SSSR count). The molecule has 3 heteroatoms. The van der Waals surface area contributed by atoms with Gasteiger partial charge in [-0.05, 0) is 18.2 Å². The average Bonchev–Trinajstić information content (AvgIpc) is 2.33. The van der Waals surface area contributed by atoms with Crippen molar-refractivity contribution < 1.29 is 0 Å². The summed E-state index contributed by atoms with van der Waals surface area (Å²) in [6.45, 7) is 0. The molecule has 0 unspecified atom stereocenters. The maximum atomic E-state index is 7.26. The molecule has 0 fully saturated rings. The van der Waals surface area contributed by atoms with Gasteiger partial charge in [-0.25, -0.2) is 4.98 Å². The van der Waals surface area contributed by atoms with Gasteiger partial charge in [0.2, 0.25) is 0 Å². The maximum absolute atomic E-state index is 7.26. The zero-order chi connectivity index (χ0) is 6.97. The van der Waals surface area contributed by atoms with Gasteiger partial charge in [0.15, 0.2) is 0 Å². The highest BCUT2D eigenvalue weighted by Crippen LogP contribution is 2.12. The molecule has 0 aliphatic heterocycles. The Morgan fingerprint density at radius 3 is 3.20 bits per heavy atom. The molecule has 0 spiro atoms. The normalized spacial score (nSPS) is 10.4. The molecular formula is C7H6N3. The van der Waals surface area contributed by atoms with Gasteiger partial charge in [-0.3, -0.25) is 0 Å². The zero-order valence-corrected chi connectivity index (χ0v) is 5.26. The third-order valence-corrected chi connectivity index (χ3v) is 1.42. The first-order chi connectivity index (χ1) is 4.86. The highest BCUT2D eigenvalue weighted by molar-refractivity contribution is 5.77. The monoisotopic (exact) mass is 132 g/mol.